The van der Waals surface area contributed by atoms with Crippen molar-refractivity contribution in [3.8, 4) is 0 Å². The lowest BCUT2D eigenvalue weighted by Crippen LogP contribution is -2.34. The molecule has 1 N–H and O–H groups in total. The molecule has 2 rings (SSSR count). The number of hydrogen-bond acceptors (Lipinski definition) is 3. The van der Waals surface area contributed by atoms with Crippen LogP contribution in [-0.4, -0.2) is 16.9 Å². The van der Waals surface area contributed by atoms with Gasteiger partial charge in [-0.3, -0.25) is 4.79 Å². The second kappa shape index (κ2) is 6.11. The fraction of sp³-hybridized carbons (Fsp3) is 0.231. The van der Waals surface area contributed by atoms with Crippen LogP contribution < -0.4 is 5.32 Å². The Hall–Kier alpha value is -1.20. The van der Waals surface area contributed by atoms with Gasteiger partial charge < -0.3 is 5.32 Å². The van der Waals surface area contributed by atoms with E-state index in [-0.39, 0.29) is 11.9 Å². The molecule has 5 heteroatoms. The molecule has 94 valence electrons. The van der Waals surface area contributed by atoms with Crippen LogP contribution in [0.4, 0.5) is 0 Å². The SMILES string of the molecule is CC(Cc1ccsc1)NC(=O)c1ccc(Br)nc1. The molecule has 0 aliphatic heterocycles. The van der Waals surface area contributed by atoms with Gasteiger partial charge in [0.15, 0.2) is 0 Å². The smallest absolute Gasteiger partial charge is 0.253 e. The Kier molecular flexibility index (Phi) is 4.49. The zero-order valence-corrected chi connectivity index (χ0v) is 12.3. The van der Waals surface area contributed by atoms with Crippen LogP contribution >= 0.6 is 27.3 Å². The lowest BCUT2D eigenvalue weighted by molar-refractivity contribution is 0.0939. The fourth-order valence-corrected chi connectivity index (χ4v) is 2.55. The van der Waals surface area contributed by atoms with E-state index in [9.17, 15) is 4.79 Å². The van der Waals surface area contributed by atoms with Crippen LogP contribution in [0.5, 0.6) is 0 Å². The van der Waals surface area contributed by atoms with Gasteiger partial charge in [0.25, 0.3) is 5.91 Å². The standard InChI is InChI=1S/C13H13BrN2OS/c1-9(6-10-4-5-18-8-10)16-13(17)11-2-3-12(14)15-7-11/h2-5,7-9H,6H2,1H3,(H,16,17). The predicted octanol–water partition coefficient (Wildman–Crippen LogP) is 3.27. The van der Waals surface area contributed by atoms with E-state index >= 15 is 0 Å². The van der Waals surface area contributed by atoms with Crippen LogP contribution in [0.15, 0.2) is 39.8 Å². The van der Waals surface area contributed by atoms with Crippen molar-refractivity contribution in [1.82, 2.24) is 10.3 Å². The number of carbonyl (C=O) groups excluding carboxylic acids is 1. The number of rotatable bonds is 4. The van der Waals surface area contributed by atoms with Gasteiger partial charge in [0, 0.05) is 12.2 Å². The maximum atomic E-state index is 11.9. The van der Waals surface area contributed by atoms with Crippen molar-refractivity contribution >= 4 is 33.2 Å². The van der Waals surface area contributed by atoms with E-state index in [2.05, 4.69) is 37.7 Å². The van der Waals surface area contributed by atoms with Gasteiger partial charge in [-0.2, -0.15) is 11.3 Å². The number of aromatic nitrogens is 1. The zero-order chi connectivity index (χ0) is 13.0. The minimum Gasteiger partial charge on any atom is -0.349 e. The van der Waals surface area contributed by atoms with Crippen molar-refractivity contribution in [2.45, 2.75) is 19.4 Å². The van der Waals surface area contributed by atoms with Crippen LogP contribution in [0.2, 0.25) is 0 Å². The highest BCUT2D eigenvalue weighted by molar-refractivity contribution is 9.10. The minimum absolute atomic E-state index is 0.0854. The molecule has 1 unspecified atom stereocenters. The molecule has 3 nitrogen and oxygen atoms in total. The molecule has 0 aliphatic carbocycles. The molecule has 2 heterocycles. The first-order valence-electron chi connectivity index (χ1n) is 5.58. The molecule has 1 atom stereocenters. The van der Waals surface area contributed by atoms with Gasteiger partial charge in [-0.1, -0.05) is 0 Å². The van der Waals surface area contributed by atoms with E-state index in [1.807, 2.05) is 12.3 Å². The molecule has 0 spiro atoms. The second-order valence-electron chi connectivity index (χ2n) is 4.08. The Morgan fingerprint density at radius 2 is 2.33 bits per heavy atom. The number of pyridine rings is 1. The maximum absolute atomic E-state index is 11.9. The fourth-order valence-electron chi connectivity index (χ4n) is 1.63. The van der Waals surface area contributed by atoms with Gasteiger partial charge in [0.1, 0.15) is 4.60 Å². The number of thiophene rings is 1. The van der Waals surface area contributed by atoms with E-state index < -0.39 is 0 Å². The number of hydrogen-bond donors (Lipinski definition) is 1. The molecule has 0 radical (unpaired) electrons. The Morgan fingerprint density at radius 3 is 2.94 bits per heavy atom. The predicted molar refractivity (Wildman–Crippen MR) is 76.9 cm³/mol. The maximum Gasteiger partial charge on any atom is 0.253 e. The highest BCUT2D eigenvalue weighted by Gasteiger charge is 2.10. The van der Waals surface area contributed by atoms with Gasteiger partial charge in [0.05, 0.1) is 5.56 Å². The summed E-state index contributed by atoms with van der Waals surface area (Å²) in [5, 5.41) is 7.11. The summed E-state index contributed by atoms with van der Waals surface area (Å²) in [5.41, 5.74) is 1.83. The Balaban J connectivity index is 1.92. The molecule has 2 aromatic rings. The lowest BCUT2D eigenvalue weighted by Gasteiger charge is -2.12. The number of nitrogens with one attached hydrogen (secondary N) is 1. The summed E-state index contributed by atoms with van der Waals surface area (Å²) in [5.74, 6) is -0.0854. The highest BCUT2D eigenvalue weighted by atomic mass is 79.9. The van der Waals surface area contributed by atoms with Crippen molar-refractivity contribution in [3.05, 3.63) is 50.9 Å². The molecular weight excluding hydrogens is 312 g/mol. The molecule has 0 aliphatic rings. The topological polar surface area (TPSA) is 42.0 Å². The van der Waals surface area contributed by atoms with Gasteiger partial charge >= 0.3 is 0 Å². The van der Waals surface area contributed by atoms with E-state index in [0.29, 0.717) is 5.56 Å². The molecule has 0 saturated heterocycles. The van der Waals surface area contributed by atoms with E-state index in [1.54, 1.807) is 29.7 Å². The molecule has 18 heavy (non-hydrogen) atoms. The minimum atomic E-state index is -0.0854. The molecule has 0 bridgehead atoms. The first kappa shape index (κ1) is 13.2. The lowest BCUT2D eigenvalue weighted by atomic mass is 10.1. The van der Waals surface area contributed by atoms with E-state index in [4.69, 9.17) is 0 Å². The quantitative estimate of drug-likeness (QED) is 0.877. The van der Waals surface area contributed by atoms with Crippen molar-refractivity contribution in [3.63, 3.8) is 0 Å². The van der Waals surface area contributed by atoms with E-state index in [1.165, 1.54) is 5.56 Å². The van der Waals surface area contributed by atoms with Crippen LogP contribution in [-0.2, 0) is 6.42 Å². The Bertz CT molecular complexity index is 510. The normalized spacial score (nSPS) is 12.1. The van der Waals surface area contributed by atoms with Crippen molar-refractivity contribution in [1.29, 1.82) is 0 Å². The van der Waals surface area contributed by atoms with Crippen LogP contribution in [0.3, 0.4) is 0 Å². The van der Waals surface area contributed by atoms with Crippen molar-refractivity contribution in [2.75, 3.05) is 0 Å². The zero-order valence-electron chi connectivity index (χ0n) is 9.89. The summed E-state index contributed by atoms with van der Waals surface area (Å²) >= 11 is 4.91. The van der Waals surface area contributed by atoms with Crippen LogP contribution in [0, 0.1) is 0 Å². The molecule has 2 aromatic heterocycles. The Morgan fingerprint density at radius 1 is 1.50 bits per heavy atom. The van der Waals surface area contributed by atoms with Crippen LogP contribution in [0.1, 0.15) is 22.8 Å². The summed E-state index contributed by atoms with van der Waals surface area (Å²) < 4.78 is 0.727. The third-order valence-corrected chi connectivity index (χ3v) is 3.69. The summed E-state index contributed by atoms with van der Waals surface area (Å²) in [4.78, 5) is 16.0. The third kappa shape index (κ3) is 3.65. The summed E-state index contributed by atoms with van der Waals surface area (Å²) in [6.45, 7) is 2.00. The average Bonchev–Trinajstić information content (AvgIpc) is 2.82. The molecule has 0 fully saturated rings. The number of nitrogens with zero attached hydrogens (tertiary/aromatic N) is 1. The van der Waals surface area contributed by atoms with Gasteiger partial charge in [0.2, 0.25) is 0 Å². The summed E-state index contributed by atoms with van der Waals surface area (Å²) in [6, 6.07) is 5.70. The monoisotopic (exact) mass is 324 g/mol. The van der Waals surface area contributed by atoms with E-state index in [0.717, 1.165) is 11.0 Å². The van der Waals surface area contributed by atoms with Gasteiger partial charge in [-0.25, -0.2) is 4.98 Å². The van der Waals surface area contributed by atoms with Crippen molar-refractivity contribution in [2.24, 2.45) is 0 Å². The third-order valence-electron chi connectivity index (χ3n) is 2.49. The van der Waals surface area contributed by atoms with Gasteiger partial charge in [-0.15, -0.1) is 0 Å². The molecular formula is C13H13BrN2OS. The number of halogens is 1. The summed E-state index contributed by atoms with van der Waals surface area (Å²) in [7, 11) is 0. The largest absolute Gasteiger partial charge is 0.349 e. The number of amides is 1. The van der Waals surface area contributed by atoms with Gasteiger partial charge in [-0.05, 0) is 63.8 Å². The van der Waals surface area contributed by atoms with Crippen LogP contribution in [0.25, 0.3) is 0 Å². The first-order chi connectivity index (χ1) is 8.65. The molecule has 0 saturated carbocycles. The highest BCUT2D eigenvalue weighted by Crippen LogP contribution is 2.10. The molecule has 0 aromatic carbocycles. The van der Waals surface area contributed by atoms with Crippen molar-refractivity contribution < 1.29 is 4.79 Å². The summed E-state index contributed by atoms with van der Waals surface area (Å²) in [6.07, 6.45) is 2.41. The molecule has 1 amide bonds. The second-order valence-corrected chi connectivity index (χ2v) is 5.67. The Labute approximate surface area is 118 Å². The number of carbonyl (C=O) groups is 1. The average molecular weight is 325 g/mol. The first-order valence-corrected chi connectivity index (χ1v) is 7.32.